The molecule has 2 aromatic rings. The van der Waals surface area contributed by atoms with Crippen molar-refractivity contribution in [3.8, 4) is 0 Å². The summed E-state index contributed by atoms with van der Waals surface area (Å²) in [5, 5.41) is 3.65. The van der Waals surface area contributed by atoms with Crippen LogP contribution in [0.5, 0.6) is 0 Å². The molecule has 0 aliphatic rings. The lowest BCUT2D eigenvalue weighted by Crippen LogP contribution is -2.27. The van der Waals surface area contributed by atoms with Crippen molar-refractivity contribution in [1.82, 2.24) is 4.98 Å². The molecule has 0 spiro atoms. The Labute approximate surface area is 124 Å². The molecule has 6 heteroatoms. The predicted octanol–water partition coefficient (Wildman–Crippen LogP) is 3.14. The second-order valence-corrected chi connectivity index (χ2v) is 5.28. The maximum absolute atomic E-state index is 11.6. The van der Waals surface area contributed by atoms with Crippen molar-refractivity contribution in [1.29, 1.82) is 0 Å². The van der Waals surface area contributed by atoms with Gasteiger partial charge < -0.3 is 11.1 Å². The molecule has 1 aromatic carbocycles. The number of rotatable bonds is 4. The largest absolute Gasteiger partial charge is 0.369 e. The highest BCUT2D eigenvalue weighted by Crippen LogP contribution is 2.22. The van der Waals surface area contributed by atoms with Crippen LogP contribution in [0.3, 0.4) is 0 Å². The molecule has 1 atom stereocenters. The van der Waals surface area contributed by atoms with Crippen LogP contribution in [-0.2, 0) is 4.79 Å². The van der Waals surface area contributed by atoms with E-state index < -0.39 is 11.9 Å². The molecule has 19 heavy (non-hydrogen) atoms. The molecule has 0 bridgehead atoms. The molecule has 0 unspecified atom stereocenters. The smallest absolute Gasteiger partial charge is 0.244 e. The lowest BCUT2D eigenvalue weighted by atomic mass is 10.1. The molecule has 1 aromatic heterocycles. The first kappa shape index (κ1) is 13.8. The van der Waals surface area contributed by atoms with E-state index in [1.807, 2.05) is 6.07 Å². The summed E-state index contributed by atoms with van der Waals surface area (Å²) in [6.07, 6.45) is 3.28. The van der Waals surface area contributed by atoms with E-state index in [1.54, 1.807) is 36.7 Å². The number of amides is 1. The summed E-state index contributed by atoms with van der Waals surface area (Å²) < 4.78 is 0.817. The Morgan fingerprint density at radius 1 is 1.32 bits per heavy atom. The molecule has 4 nitrogen and oxygen atoms in total. The highest BCUT2D eigenvalue weighted by atomic mass is 79.9. The lowest BCUT2D eigenvalue weighted by molar-refractivity contribution is -0.118. The topological polar surface area (TPSA) is 68.0 Å². The van der Waals surface area contributed by atoms with Crippen molar-refractivity contribution >= 4 is 39.1 Å². The van der Waals surface area contributed by atoms with Crippen molar-refractivity contribution in [3.05, 3.63) is 57.8 Å². The van der Waals surface area contributed by atoms with E-state index in [2.05, 4.69) is 26.2 Å². The van der Waals surface area contributed by atoms with Gasteiger partial charge in [-0.25, -0.2) is 0 Å². The number of benzene rings is 1. The van der Waals surface area contributed by atoms with Crippen molar-refractivity contribution in [2.24, 2.45) is 5.73 Å². The van der Waals surface area contributed by atoms with Crippen LogP contribution in [0.25, 0.3) is 0 Å². The second-order valence-electron chi connectivity index (χ2n) is 3.92. The Hall–Kier alpha value is -1.59. The first-order chi connectivity index (χ1) is 9.06. The third-order valence-electron chi connectivity index (χ3n) is 2.50. The normalized spacial score (nSPS) is 11.9. The molecule has 0 saturated heterocycles. The number of nitrogens with zero attached hydrogens (tertiary/aromatic N) is 1. The molecule has 0 aliphatic carbocycles. The van der Waals surface area contributed by atoms with Gasteiger partial charge >= 0.3 is 0 Å². The lowest BCUT2D eigenvalue weighted by Gasteiger charge is -2.17. The van der Waals surface area contributed by atoms with Crippen molar-refractivity contribution in [2.45, 2.75) is 6.04 Å². The zero-order valence-electron chi connectivity index (χ0n) is 9.81. The number of primary amides is 1. The summed E-state index contributed by atoms with van der Waals surface area (Å²) in [6, 6.07) is 8.14. The van der Waals surface area contributed by atoms with E-state index in [4.69, 9.17) is 17.3 Å². The number of nitrogens with two attached hydrogens (primary N) is 1. The average Bonchev–Trinajstić information content (AvgIpc) is 2.37. The molecule has 0 fully saturated rings. The van der Waals surface area contributed by atoms with Crippen LogP contribution in [0.2, 0.25) is 5.02 Å². The minimum atomic E-state index is -0.631. The monoisotopic (exact) mass is 339 g/mol. The number of carbonyl (C=O) groups is 1. The minimum Gasteiger partial charge on any atom is -0.369 e. The molecule has 2 rings (SSSR count). The molecule has 0 saturated carbocycles. The molecule has 0 aliphatic heterocycles. The van der Waals surface area contributed by atoms with E-state index in [0.29, 0.717) is 10.7 Å². The number of pyridine rings is 1. The van der Waals surface area contributed by atoms with Crippen LogP contribution in [0.15, 0.2) is 47.2 Å². The molecule has 0 radical (unpaired) electrons. The minimum absolute atomic E-state index is 0.470. The molecular formula is C13H11BrClN3O. The van der Waals surface area contributed by atoms with E-state index >= 15 is 0 Å². The van der Waals surface area contributed by atoms with Crippen LogP contribution in [0.1, 0.15) is 11.6 Å². The number of aromatic nitrogens is 1. The van der Waals surface area contributed by atoms with Gasteiger partial charge in [-0.15, -0.1) is 0 Å². The predicted molar refractivity (Wildman–Crippen MR) is 78.9 cm³/mol. The van der Waals surface area contributed by atoms with Gasteiger partial charge in [0.15, 0.2) is 0 Å². The van der Waals surface area contributed by atoms with Gasteiger partial charge in [-0.2, -0.15) is 0 Å². The zero-order valence-corrected chi connectivity index (χ0v) is 12.1. The van der Waals surface area contributed by atoms with E-state index in [9.17, 15) is 4.79 Å². The number of anilines is 1. The number of carbonyl (C=O) groups excluding carboxylic acids is 1. The summed E-state index contributed by atoms with van der Waals surface area (Å²) in [7, 11) is 0. The number of hydrogen-bond donors (Lipinski definition) is 2. The van der Waals surface area contributed by atoms with Gasteiger partial charge in [-0.1, -0.05) is 23.7 Å². The van der Waals surface area contributed by atoms with Crippen molar-refractivity contribution in [2.75, 3.05) is 5.32 Å². The van der Waals surface area contributed by atoms with Crippen molar-refractivity contribution in [3.63, 3.8) is 0 Å². The van der Waals surface area contributed by atoms with Crippen LogP contribution < -0.4 is 11.1 Å². The standard InChI is InChI=1S/C13H11BrClN3O/c14-9-5-11(7-17-6-9)18-12(13(16)19)8-1-3-10(15)4-2-8/h1-7,12,18H,(H2,16,19)/t12-/m1/s1. The van der Waals surface area contributed by atoms with Gasteiger partial charge in [0.2, 0.25) is 5.91 Å². The third kappa shape index (κ3) is 3.68. The van der Waals surface area contributed by atoms with Gasteiger partial charge in [-0.3, -0.25) is 9.78 Å². The summed E-state index contributed by atoms with van der Waals surface area (Å²) in [5.41, 5.74) is 6.88. The Kier molecular flexibility index (Phi) is 4.39. The fourth-order valence-corrected chi connectivity index (χ4v) is 2.12. The van der Waals surface area contributed by atoms with Gasteiger partial charge in [0.1, 0.15) is 6.04 Å². The van der Waals surface area contributed by atoms with E-state index in [0.717, 1.165) is 10.0 Å². The third-order valence-corrected chi connectivity index (χ3v) is 3.19. The fraction of sp³-hybridized carbons (Fsp3) is 0.0769. The van der Waals surface area contributed by atoms with Gasteiger partial charge in [0, 0.05) is 15.7 Å². The Balaban J connectivity index is 2.26. The molecular weight excluding hydrogens is 330 g/mol. The average molecular weight is 341 g/mol. The summed E-state index contributed by atoms with van der Waals surface area (Å²) in [5.74, 6) is -0.470. The highest BCUT2D eigenvalue weighted by Gasteiger charge is 2.17. The fourth-order valence-electron chi connectivity index (χ4n) is 1.63. The van der Waals surface area contributed by atoms with Crippen LogP contribution in [0.4, 0.5) is 5.69 Å². The summed E-state index contributed by atoms with van der Waals surface area (Å²) in [6.45, 7) is 0. The number of nitrogens with one attached hydrogen (secondary N) is 1. The Bertz CT molecular complexity index is 589. The quantitative estimate of drug-likeness (QED) is 0.898. The van der Waals surface area contributed by atoms with Crippen molar-refractivity contribution < 1.29 is 4.79 Å². The number of halogens is 2. The first-order valence-electron chi connectivity index (χ1n) is 5.48. The Morgan fingerprint density at radius 2 is 2.00 bits per heavy atom. The maximum Gasteiger partial charge on any atom is 0.244 e. The summed E-state index contributed by atoms with van der Waals surface area (Å²) >= 11 is 9.14. The van der Waals surface area contributed by atoms with Crippen LogP contribution >= 0.6 is 27.5 Å². The molecule has 98 valence electrons. The maximum atomic E-state index is 11.6. The molecule has 1 heterocycles. The Morgan fingerprint density at radius 3 is 2.58 bits per heavy atom. The van der Waals surface area contributed by atoms with E-state index in [-0.39, 0.29) is 0 Å². The zero-order chi connectivity index (χ0) is 13.8. The highest BCUT2D eigenvalue weighted by molar-refractivity contribution is 9.10. The molecule has 3 N–H and O–H groups in total. The van der Waals surface area contributed by atoms with Crippen LogP contribution in [0, 0.1) is 0 Å². The van der Waals surface area contributed by atoms with Crippen LogP contribution in [-0.4, -0.2) is 10.9 Å². The summed E-state index contributed by atoms with van der Waals surface area (Å²) in [4.78, 5) is 15.6. The van der Waals surface area contributed by atoms with E-state index in [1.165, 1.54) is 0 Å². The van der Waals surface area contributed by atoms with Gasteiger partial charge in [0.05, 0.1) is 11.9 Å². The second kappa shape index (κ2) is 6.04. The SMILES string of the molecule is NC(=O)[C@H](Nc1cncc(Br)c1)c1ccc(Cl)cc1. The number of hydrogen-bond acceptors (Lipinski definition) is 3. The molecule has 1 amide bonds. The first-order valence-corrected chi connectivity index (χ1v) is 6.65. The van der Waals surface area contributed by atoms with Gasteiger partial charge in [0.25, 0.3) is 0 Å². The van der Waals surface area contributed by atoms with Gasteiger partial charge in [-0.05, 0) is 39.7 Å².